The molecule has 0 saturated carbocycles. The first kappa shape index (κ1) is 18.1. The Balaban J connectivity index is 1.50. The zero-order chi connectivity index (χ0) is 18.4. The summed E-state index contributed by atoms with van der Waals surface area (Å²) >= 11 is 11.6. The lowest BCUT2D eigenvalue weighted by Gasteiger charge is -2.09. The maximum atomic E-state index is 11.9. The third-order valence-corrected chi connectivity index (χ3v) is 3.87. The first-order valence-corrected chi connectivity index (χ1v) is 8.56. The minimum Gasteiger partial charge on any atom is -0.484 e. The molecule has 0 fully saturated rings. The third kappa shape index (κ3) is 5.41. The molecule has 0 radical (unpaired) electrons. The molecule has 26 heavy (non-hydrogen) atoms. The van der Waals surface area contributed by atoms with Crippen LogP contribution in [0.4, 0.5) is 5.69 Å². The van der Waals surface area contributed by atoms with Gasteiger partial charge in [0.25, 0.3) is 5.91 Å². The molecule has 0 bridgehead atoms. The average Bonchev–Trinajstić information content (AvgIpc) is 2.65. The summed E-state index contributed by atoms with van der Waals surface area (Å²) < 4.78 is 11.2. The van der Waals surface area contributed by atoms with Crippen LogP contribution in [0, 0.1) is 0 Å². The standard InChI is InChI=1S/C20H15Cl2NO3/c21-14-1-5-16(6-2-14)23-20(24)13-25-17-9-11-19(12-10-17)26-18-7-3-15(22)4-8-18/h1-12H,13H2,(H,23,24). The largest absolute Gasteiger partial charge is 0.484 e. The van der Waals surface area contributed by atoms with Crippen LogP contribution in [0.1, 0.15) is 0 Å². The molecule has 3 rings (SSSR count). The molecule has 3 aromatic rings. The molecule has 0 aliphatic rings. The number of halogens is 2. The molecule has 0 aliphatic carbocycles. The van der Waals surface area contributed by atoms with Crippen molar-refractivity contribution in [3.05, 3.63) is 82.8 Å². The molecule has 0 heterocycles. The first-order chi connectivity index (χ1) is 12.6. The molecule has 1 amide bonds. The number of hydrogen-bond donors (Lipinski definition) is 1. The monoisotopic (exact) mass is 387 g/mol. The van der Waals surface area contributed by atoms with Crippen LogP contribution in [0.5, 0.6) is 17.2 Å². The van der Waals surface area contributed by atoms with Crippen LogP contribution in [0.25, 0.3) is 0 Å². The predicted molar refractivity (Wildman–Crippen MR) is 104 cm³/mol. The highest BCUT2D eigenvalue weighted by molar-refractivity contribution is 6.30. The van der Waals surface area contributed by atoms with Gasteiger partial charge in [-0.15, -0.1) is 0 Å². The fraction of sp³-hybridized carbons (Fsp3) is 0.0500. The van der Waals surface area contributed by atoms with Crippen molar-refractivity contribution in [1.82, 2.24) is 0 Å². The summed E-state index contributed by atoms with van der Waals surface area (Å²) in [5, 5.41) is 3.99. The van der Waals surface area contributed by atoms with Gasteiger partial charge in [0.1, 0.15) is 17.2 Å². The number of anilines is 1. The van der Waals surface area contributed by atoms with Crippen LogP contribution in [0.15, 0.2) is 72.8 Å². The lowest BCUT2D eigenvalue weighted by atomic mass is 10.3. The summed E-state index contributed by atoms with van der Waals surface area (Å²) in [4.78, 5) is 11.9. The summed E-state index contributed by atoms with van der Waals surface area (Å²) in [6, 6.07) is 21.0. The summed E-state index contributed by atoms with van der Waals surface area (Å²) in [6.07, 6.45) is 0. The highest BCUT2D eigenvalue weighted by Gasteiger charge is 2.05. The smallest absolute Gasteiger partial charge is 0.262 e. The van der Waals surface area contributed by atoms with Gasteiger partial charge in [-0.2, -0.15) is 0 Å². The molecule has 132 valence electrons. The molecular weight excluding hydrogens is 373 g/mol. The van der Waals surface area contributed by atoms with Crippen molar-refractivity contribution in [3.63, 3.8) is 0 Å². The summed E-state index contributed by atoms with van der Waals surface area (Å²) in [5.41, 5.74) is 0.662. The molecule has 3 aromatic carbocycles. The second-order valence-corrected chi connectivity index (χ2v) is 6.24. The number of nitrogens with one attached hydrogen (secondary N) is 1. The van der Waals surface area contributed by atoms with Gasteiger partial charge in [-0.05, 0) is 72.8 Å². The van der Waals surface area contributed by atoms with Crippen molar-refractivity contribution in [2.75, 3.05) is 11.9 Å². The van der Waals surface area contributed by atoms with E-state index in [-0.39, 0.29) is 12.5 Å². The van der Waals surface area contributed by atoms with Gasteiger partial charge in [0, 0.05) is 15.7 Å². The van der Waals surface area contributed by atoms with E-state index in [1.54, 1.807) is 72.8 Å². The van der Waals surface area contributed by atoms with Crippen molar-refractivity contribution in [3.8, 4) is 17.2 Å². The van der Waals surface area contributed by atoms with Gasteiger partial charge in [-0.1, -0.05) is 23.2 Å². The predicted octanol–water partition coefficient (Wildman–Crippen LogP) is 5.80. The summed E-state index contributed by atoms with van der Waals surface area (Å²) in [5.74, 6) is 1.66. The molecule has 0 saturated heterocycles. The van der Waals surface area contributed by atoms with Crippen molar-refractivity contribution >= 4 is 34.8 Å². The number of benzene rings is 3. The van der Waals surface area contributed by atoms with Crippen LogP contribution < -0.4 is 14.8 Å². The Kier molecular flexibility index (Phi) is 6.00. The summed E-state index contributed by atoms with van der Waals surface area (Å²) in [6.45, 7) is -0.0972. The van der Waals surface area contributed by atoms with Crippen LogP contribution in [0.2, 0.25) is 10.0 Å². The van der Waals surface area contributed by atoms with Crippen LogP contribution in [-0.4, -0.2) is 12.5 Å². The molecule has 0 aliphatic heterocycles. The molecule has 0 atom stereocenters. The lowest BCUT2D eigenvalue weighted by molar-refractivity contribution is -0.118. The molecule has 1 N–H and O–H groups in total. The van der Waals surface area contributed by atoms with Gasteiger partial charge < -0.3 is 14.8 Å². The molecular formula is C20H15Cl2NO3. The normalized spacial score (nSPS) is 10.2. The Bertz CT molecular complexity index is 863. The van der Waals surface area contributed by atoms with E-state index < -0.39 is 0 Å². The van der Waals surface area contributed by atoms with Gasteiger partial charge in [0.05, 0.1) is 0 Å². The van der Waals surface area contributed by atoms with Gasteiger partial charge in [-0.3, -0.25) is 4.79 Å². The minimum absolute atomic E-state index is 0.0972. The van der Waals surface area contributed by atoms with Crippen LogP contribution in [0.3, 0.4) is 0 Å². The Morgan fingerprint density at radius 2 is 1.19 bits per heavy atom. The van der Waals surface area contributed by atoms with E-state index in [0.717, 1.165) is 0 Å². The number of carbonyl (C=O) groups is 1. The van der Waals surface area contributed by atoms with Crippen LogP contribution in [-0.2, 0) is 4.79 Å². The molecule has 0 aromatic heterocycles. The Labute approximate surface area is 161 Å². The quantitative estimate of drug-likeness (QED) is 0.580. The van der Waals surface area contributed by atoms with E-state index in [2.05, 4.69) is 5.32 Å². The zero-order valence-corrected chi connectivity index (χ0v) is 15.1. The number of rotatable bonds is 6. The second kappa shape index (κ2) is 8.61. The van der Waals surface area contributed by atoms with E-state index in [1.807, 2.05) is 0 Å². The second-order valence-electron chi connectivity index (χ2n) is 5.37. The maximum absolute atomic E-state index is 11.9. The maximum Gasteiger partial charge on any atom is 0.262 e. The lowest BCUT2D eigenvalue weighted by Crippen LogP contribution is -2.20. The van der Waals surface area contributed by atoms with Gasteiger partial charge >= 0.3 is 0 Å². The number of carbonyl (C=O) groups excluding carboxylic acids is 1. The first-order valence-electron chi connectivity index (χ1n) is 7.80. The SMILES string of the molecule is O=C(COc1ccc(Oc2ccc(Cl)cc2)cc1)Nc1ccc(Cl)cc1. The number of amides is 1. The number of hydrogen-bond acceptors (Lipinski definition) is 3. The molecule has 0 spiro atoms. The van der Waals surface area contributed by atoms with E-state index >= 15 is 0 Å². The number of ether oxygens (including phenoxy) is 2. The van der Waals surface area contributed by atoms with Crippen molar-refractivity contribution in [1.29, 1.82) is 0 Å². The Hall–Kier alpha value is -2.69. The van der Waals surface area contributed by atoms with Gasteiger partial charge in [0.15, 0.2) is 6.61 Å². The summed E-state index contributed by atoms with van der Waals surface area (Å²) in [7, 11) is 0. The average molecular weight is 388 g/mol. The minimum atomic E-state index is -0.256. The Morgan fingerprint density at radius 1 is 0.731 bits per heavy atom. The fourth-order valence-corrected chi connectivity index (χ4v) is 2.37. The molecule has 0 unspecified atom stereocenters. The Morgan fingerprint density at radius 3 is 1.77 bits per heavy atom. The topological polar surface area (TPSA) is 47.6 Å². The highest BCUT2D eigenvalue weighted by Crippen LogP contribution is 2.25. The van der Waals surface area contributed by atoms with Gasteiger partial charge in [0.2, 0.25) is 0 Å². The van der Waals surface area contributed by atoms with Gasteiger partial charge in [-0.25, -0.2) is 0 Å². The third-order valence-electron chi connectivity index (χ3n) is 3.37. The van der Waals surface area contributed by atoms with Crippen molar-refractivity contribution in [2.24, 2.45) is 0 Å². The molecule has 4 nitrogen and oxygen atoms in total. The van der Waals surface area contributed by atoms with Crippen molar-refractivity contribution in [2.45, 2.75) is 0 Å². The van der Waals surface area contributed by atoms with E-state index in [1.165, 1.54) is 0 Å². The zero-order valence-electron chi connectivity index (χ0n) is 13.6. The van der Waals surface area contributed by atoms with E-state index in [4.69, 9.17) is 32.7 Å². The van der Waals surface area contributed by atoms with Crippen molar-refractivity contribution < 1.29 is 14.3 Å². The van der Waals surface area contributed by atoms with E-state index in [9.17, 15) is 4.79 Å². The fourth-order valence-electron chi connectivity index (χ4n) is 2.12. The molecule has 6 heteroatoms. The van der Waals surface area contributed by atoms with E-state index in [0.29, 0.717) is 33.0 Å². The highest BCUT2D eigenvalue weighted by atomic mass is 35.5. The van der Waals surface area contributed by atoms with Crippen LogP contribution >= 0.6 is 23.2 Å².